The number of hydrogen-bond acceptors (Lipinski definition) is 3. The lowest BCUT2D eigenvalue weighted by Gasteiger charge is -2.08. The van der Waals surface area contributed by atoms with E-state index in [1.165, 1.54) is 5.56 Å². The van der Waals surface area contributed by atoms with Crippen LogP contribution in [0.3, 0.4) is 0 Å². The Morgan fingerprint density at radius 1 is 0.923 bits per heavy atom. The maximum Gasteiger partial charge on any atom is 0.259 e. The van der Waals surface area contributed by atoms with Crippen molar-refractivity contribution in [2.24, 2.45) is 0 Å². The zero-order valence-electron chi connectivity index (χ0n) is 14.4. The van der Waals surface area contributed by atoms with Gasteiger partial charge in [-0.25, -0.2) is 4.98 Å². The second-order valence-electron chi connectivity index (χ2n) is 6.23. The number of rotatable bonds is 4. The van der Waals surface area contributed by atoms with Crippen LogP contribution in [-0.4, -0.2) is 9.97 Å². The van der Waals surface area contributed by atoms with Gasteiger partial charge in [-0.05, 0) is 48.9 Å². The van der Waals surface area contributed by atoms with Gasteiger partial charge in [-0.15, -0.1) is 0 Å². The molecule has 0 atom stereocenters. The Kier molecular flexibility index (Phi) is 4.23. The third-order valence-electron chi connectivity index (χ3n) is 4.27. The number of benzene rings is 3. The zero-order valence-corrected chi connectivity index (χ0v) is 14.4. The van der Waals surface area contributed by atoms with E-state index in [-0.39, 0.29) is 5.56 Å². The molecule has 3 aromatic carbocycles. The van der Waals surface area contributed by atoms with Gasteiger partial charge in [-0.3, -0.25) is 4.79 Å². The van der Waals surface area contributed by atoms with Gasteiger partial charge in [0.15, 0.2) is 0 Å². The van der Waals surface area contributed by atoms with E-state index in [2.05, 4.69) is 41.2 Å². The molecule has 4 aromatic rings. The predicted molar refractivity (Wildman–Crippen MR) is 103 cm³/mol. The summed E-state index contributed by atoms with van der Waals surface area (Å²) in [5.74, 6) is 1.33. The summed E-state index contributed by atoms with van der Waals surface area (Å²) in [5.41, 5.74) is 3.75. The molecule has 1 N–H and O–H groups in total. The number of nitrogens with one attached hydrogen (secondary N) is 1. The minimum Gasteiger partial charge on any atom is -0.489 e. The third kappa shape index (κ3) is 3.35. The third-order valence-corrected chi connectivity index (χ3v) is 4.27. The summed E-state index contributed by atoms with van der Waals surface area (Å²) in [4.78, 5) is 19.6. The van der Waals surface area contributed by atoms with E-state index in [1.54, 1.807) is 6.07 Å². The van der Waals surface area contributed by atoms with Crippen LogP contribution < -0.4 is 10.3 Å². The lowest BCUT2D eigenvalue weighted by Crippen LogP contribution is -2.09. The first-order valence-electron chi connectivity index (χ1n) is 8.47. The zero-order chi connectivity index (χ0) is 17.9. The topological polar surface area (TPSA) is 55.0 Å². The molecule has 0 fully saturated rings. The minimum absolute atomic E-state index is 0.134. The Balaban J connectivity index is 1.54. The molecular formula is C22H18N2O2. The first-order valence-corrected chi connectivity index (χ1v) is 8.47. The maximum absolute atomic E-state index is 12.2. The maximum atomic E-state index is 12.2. The Morgan fingerprint density at radius 3 is 2.42 bits per heavy atom. The van der Waals surface area contributed by atoms with Crippen molar-refractivity contribution in [2.45, 2.75) is 13.5 Å². The van der Waals surface area contributed by atoms with Crippen LogP contribution in [-0.2, 0) is 6.61 Å². The largest absolute Gasteiger partial charge is 0.489 e. The van der Waals surface area contributed by atoms with Crippen LogP contribution in [0, 0.1) is 6.92 Å². The molecule has 0 unspecified atom stereocenters. The number of aromatic amines is 1. The van der Waals surface area contributed by atoms with E-state index in [9.17, 15) is 4.79 Å². The molecule has 0 saturated heterocycles. The van der Waals surface area contributed by atoms with Gasteiger partial charge in [0.2, 0.25) is 0 Å². The Labute approximate surface area is 151 Å². The van der Waals surface area contributed by atoms with Gasteiger partial charge in [-0.1, -0.05) is 42.0 Å². The number of aromatic nitrogens is 2. The quantitative estimate of drug-likeness (QED) is 0.595. The fourth-order valence-corrected chi connectivity index (χ4v) is 2.78. The molecule has 0 aliphatic carbocycles. The van der Waals surface area contributed by atoms with Gasteiger partial charge >= 0.3 is 0 Å². The Hall–Kier alpha value is -3.40. The second-order valence-corrected chi connectivity index (χ2v) is 6.23. The van der Waals surface area contributed by atoms with Crippen LogP contribution in [0.1, 0.15) is 11.1 Å². The van der Waals surface area contributed by atoms with Crippen LogP contribution in [0.15, 0.2) is 77.6 Å². The number of ether oxygens (including phenoxy) is 1. The van der Waals surface area contributed by atoms with Crippen molar-refractivity contribution in [3.63, 3.8) is 0 Å². The summed E-state index contributed by atoms with van der Waals surface area (Å²) in [6.07, 6.45) is 0. The van der Waals surface area contributed by atoms with Gasteiger partial charge in [0.25, 0.3) is 5.56 Å². The number of nitrogens with zero attached hydrogens (tertiary/aromatic N) is 1. The molecule has 0 amide bonds. The van der Waals surface area contributed by atoms with Crippen molar-refractivity contribution < 1.29 is 4.74 Å². The van der Waals surface area contributed by atoms with Gasteiger partial charge in [-0.2, -0.15) is 0 Å². The highest BCUT2D eigenvalue weighted by Gasteiger charge is 2.06. The number of fused-ring (bicyclic) bond motifs is 1. The SMILES string of the molecule is Cc1ccc(COc2ccc(-c3nc4ccccc4c(=O)[nH]3)cc2)cc1. The molecule has 1 aromatic heterocycles. The van der Waals surface area contributed by atoms with Crippen molar-refractivity contribution in [3.05, 3.63) is 94.3 Å². The molecule has 0 bridgehead atoms. The van der Waals surface area contributed by atoms with E-state index in [0.29, 0.717) is 23.3 Å². The van der Waals surface area contributed by atoms with Crippen LogP contribution in [0.5, 0.6) is 5.75 Å². The van der Waals surface area contributed by atoms with Gasteiger partial charge in [0.1, 0.15) is 18.2 Å². The smallest absolute Gasteiger partial charge is 0.259 e. The van der Waals surface area contributed by atoms with Crippen molar-refractivity contribution in [1.29, 1.82) is 0 Å². The van der Waals surface area contributed by atoms with Crippen LogP contribution >= 0.6 is 0 Å². The molecule has 1 heterocycles. The first kappa shape index (κ1) is 16.1. The number of H-pyrrole nitrogens is 1. The molecule has 26 heavy (non-hydrogen) atoms. The van der Waals surface area contributed by atoms with Crippen LogP contribution in [0.25, 0.3) is 22.3 Å². The van der Waals surface area contributed by atoms with Gasteiger partial charge < -0.3 is 9.72 Å². The predicted octanol–water partition coefficient (Wildman–Crippen LogP) is 4.48. The summed E-state index contributed by atoms with van der Waals surface area (Å²) in [6.45, 7) is 2.58. The molecule has 4 nitrogen and oxygen atoms in total. The summed E-state index contributed by atoms with van der Waals surface area (Å²) < 4.78 is 5.82. The van der Waals surface area contributed by atoms with Crippen molar-refractivity contribution in [3.8, 4) is 17.1 Å². The normalized spacial score (nSPS) is 10.8. The lowest BCUT2D eigenvalue weighted by molar-refractivity contribution is 0.306. The second kappa shape index (κ2) is 6.84. The van der Waals surface area contributed by atoms with Crippen molar-refractivity contribution in [2.75, 3.05) is 0 Å². The van der Waals surface area contributed by atoms with Crippen molar-refractivity contribution >= 4 is 10.9 Å². The minimum atomic E-state index is -0.134. The fraction of sp³-hybridized carbons (Fsp3) is 0.0909. The number of aryl methyl sites for hydroxylation is 1. The Morgan fingerprint density at radius 2 is 1.65 bits per heavy atom. The van der Waals surface area contributed by atoms with Gasteiger partial charge in [0.05, 0.1) is 10.9 Å². The van der Waals surface area contributed by atoms with E-state index in [0.717, 1.165) is 16.9 Å². The Bertz CT molecular complexity index is 1100. The average Bonchev–Trinajstić information content (AvgIpc) is 2.68. The highest BCUT2D eigenvalue weighted by atomic mass is 16.5. The average molecular weight is 342 g/mol. The number of hydrogen-bond donors (Lipinski definition) is 1. The van der Waals surface area contributed by atoms with Crippen LogP contribution in [0.2, 0.25) is 0 Å². The molecule has 4 heteroatoms. The fourth-order valence-electron chi connectivity index (χ4n) is 2.78. The molecule has 128 valence electrons. The molecule has 0 aliphatic heterocycles. The molecule has 0 saturated carbocycles. The van der Waals surface area contributed by atoms with E-state index in [1.807, 2.05) is 42.5 Å². The summed E-state index contributed by atoms with van der Waals surface area (Å²) in [5, 5.41) is 0.592. The molecular weight excluding hydrogens is 324 g/mol. The van der Waals surface area contributed by atoms with E-state index in [4.69, 9.17) is 4.74 Å². The number of para-hydroxylation sites is 1. The highest BCUT2D eigenvalue weighted by molar-refractivity contribution is 5.79. The summed E-state index contributed by atoms with van der Waals surface area (Å²) >= 11 is 0. The highest BCUT2D eigenvalue weighted by Crippen LogP contribution is 2.21. The molecule has 0 spiro atoms. The standard InChI is InChI=1S/C22H18N2O2/c1-15-6-8-16(9-7-15)14-26-18-12-10-17(11-13-18)21-23-20-5-3-2-4-19(20)22(25)24-21/h2-13H,14H2,1H3,(H,23,24,25). The summed E-state index contributed by atoms with van der Waals surface area (Å²) in [6, 6.07) is 23.2. The molecule has 4 rings (SSSR count). The van der Waals surface area contributed by atoms with Gasteiger partial charge in [0, 0.05) is 5.56 Å². The summed E-state index contributed by atoms with van der Waals surface area (Å²) in [7, 11) is 0. The van der Waals surface area contributed by atoms with Crippen molar-refractivity contribution in [1.82, 2.24) is 9.97 Å². The first-order chi connectivity index (χ1) is 12.7. The lowest BCUT2D eigenvalue weighted by atomic mass is 10.1. The van der Waals surface area contributed by atoms with E-state index >= 15 is 0 Å². The molecule has 0 aliphatic rings. The monoisotopic (exact) mass is 342 g/mol. The molecule has 0 radical (unpaired) electrons. The van der Waals surface area contributed by atoms with Crippen LogP contribution in [0.4, 0.5) is 0 Å². The van der Waals surface area contributed by atoms with E-state index < -0.39 is 0 Å².